The minimum absolute atomic E-state index is 0.00898. The highest BCUT2D eigenvalue weighted by Crippen LogP contribution is 2.18. The fraction of sp³-hybridized carbons (Fsp3) is 0.938. The molecular weight excluding hydrogens is 250 g/mol. The van der Waals surface area contributed by atoms with Gasteiger partial charge in [-0.25, -0.2) is 0 Å². The predicted octanol–water partition coefficient (Wildman–Crippen LogP) is 1.86. The second-order valence-electron chi connectivity index (χ2n) is 6.89. The van der Waals surface area contributed by atoms with Crippen molar-refractivity contribution in [2.75, 3.05) is 26.2 Å². The average molecular weight is 283 g/mol. The van der Waals surface area contributed by atoms with Crippen molar-refractivity contribution >= 4 is 5.91 Å². The molecule has 0 radical (unpaired) electrons. The molecule has 1 heterocycles. The van der Waals surface area contributed by atoms with Crippen molar-refractivity contribution in [2.45, 2.75) is 59.5 Å². The smallest absolute Gasteiger partial charge is 0.237 e. The molecule has 2 unspecified atom stereocenters. The summed E-state index contributed by atoms with van der Waals surface area (Å²) in [5.41, 5.74) is 0. The van der Waals surface area contributed by atoms with Crippen LogP contribution in [0, 0.1) is 11.8 Å². The first-order valence-corrected chi connectivity index (χ1v) is 8.15. The molecule has 1 rings (SSSR count). The molecule has 1 saturated heterocycles. The molecule has 0 aliphatic carbocycles. The van der Waals surface area contributed by atoms with Crippen molar-refractivity contribution in [1.82, 2.24) is 15.5 Å². The molecule has 1 aliphatic rings. The van der Waals surface area contributed by atoms with E-state index in [1.165, 1.54) is 12.8 Å². The summed E-state index contributed by atoms with van der Waals surface area (Å²) in [6, 6.07) is 0.212. The number of likely N-dealkylation sites (tertiary alicyclic amines) is 1. The number of piperidine rings is 1. The predicted molar refractivity (Wildman–Crippen MR) is 84.7 cm³/mol. The Morgan fingerprint density at radius 2 is 1.95 bits per heavy atom. The van der Waals surface area contributed by atoms with Gasteiger partial charge >= 0.3 is 0 Å². The van der Waals surface area contributed by atoms with Crippen LogP contribution < -0.4 is 10.6 Å². The maximum atomic E-state index is 12.1. The SMILES string of the molecule is CC(C)CNCC1CCCN(C(C)C(=O)NC(C)C)C1. The molecule has 0 bridgehead atoms. The minimum Gasteiger partial charge on any atom is -0.353 e. The van der Waals surface area contributed by atoms with Crippen LogP contribution in [-0.4, -0.2) is 49.1 Å². The van der Waals surface area contributed by atoms with E-state index in [-0.39, 0.29) is 18.0 Å². The summed E-state index contributed by atoms with van der Waals surface area (Å²) in [5.74, 6) is 1.54. The number of amides is 1. The summed E-state index contributed by atoms with van der Waals surface area (Å²) in [6.07, 6.45) is 2.48. The average Bonchev–Trinajstić information content (AvgIpc) is 2.37. The van der Waals surface area contributed by atoms with Crippen molar-refractivity contribution in [2.24, 2.45) is 11.8 Å². The normalized spacial score (nSPS) is 22.2. The Bertz CT molecular complexity index is 291. The van der Waals surface area contributed by atoms with Crippen molar-refractivity contribution in [1.29, 1.82) is 0 Å². The molecule has 20 heavy (non-hydrogen) atoms. The number of nitrogens with zero attached hydrogens (tertiary/aromatic N) is 1. The van der Waals surface area contributed by atoms with E-state index in [0.29, 0.717) is 11.8 Å². The lowest BCUT2D eigenvalue weighted by Gasteiger charge is -2.36. The highest BCUT2D eigenvalue weighted by molar-refractivity contribution is 5.81. The fourth-order valence-corrected chi connectivity index (χ4v) is 2.76. The molecular formula is C16H33N3O. The van der Waals surface area contributed by atoms with E-state index in [4.69, 9.17) is 0 Å². The van der Waals surface area contributed by atoms with Gasteiger partial charge in [0.15, 0.2) is 0 Å². The lowest BCUT2D eigenvalue weighted by molar-refractivity contribution is -0.127. The Balaban J connectivity index is 2.37. The molecule has 0 saturated carbocycles. The molecule has 4 heteroatoms. The van der Waals surface area contributed by atoms with E-state index in [9.17, 15) is 4.79 Å². The molecule has 1 aliphatic heterocycles. The summed E-state index contributed by atoms with van der Waals surface area (Å²) < 4.78 is 0. The number of hydrogen-bond acceptors (Lipinski definition) is 3. The van der Waals surface area contributed by atoms with Crippen LogP contribution in [-0.2, 0) is 4.79 Å². The highest BCUT2D eigenvalue weighted by atomic mass is 16.2. The van der Waals surface area contributed by atoms with Gasteiger partial charge < -0.3 is 10.6 Å². The monoisotopic (exact) mass is 283 g/mol. The van der Waals surface area contributed by atoms with Crippen LogP contribution in [0.3, 0.4) is 0 Å². The molecule has 0 spiro atoms. The van der Waals surface area contributed by atoms with Crippen LogP contribution in [0.2, 0.25) is 0 Å². The molecule has 2 atom stereocenters. The van der Waals surface area contributed by atoms with Gasteiger partial charge in [0, 0.05) is 12.6 Å². The second-order valence-corrected chi connectivity index (χ2v) is 6.89. The van der Waals surface area contributed by atoms with Gasteiger partial charge in [-0.15, -0.1) is 0 Å². The Morgan fingerprint density at radius 3 is 2.55 bits per heavy atom. The van der Waals surface area contributed by atoms with Crippen LogP contribution in [0.1, 0.15) is 47.5 Å². The maximum Gasteiger partial charge on any atom is 0.237 e. The first-order valence-electron chi connectivity index (χ1n) is 8.15. The Labute approximate surface area is 124 Å². The summed E-state index contributed by atoms with van der Waals surface area (Å²) in [7, 11) is 0. The zero-order valence-electron chi connectivity index (χ0n) is 13.9. The minimum atomic E-state index is -0.00898. The second kappa shape index (κ2) is 8.63. The number of hydrogen-bond donors (Lipinski definition) is 2. The van der Waals surface area contributed by atoms with Gasteiger partial charge in [0.2, 0.25) is 5.91 Å². The molecule has 4 nitrogen and oxygen atoms in total. The van der Waals surface area contributed by atoms with Crippen molar-refractivity contribution in [3.8, 4) is 0 Å². The summed E-state index contributed by atoms with van der Waals surface area (Å²) in [4.78, 5) is 14.4. The third kappa shape index (κ3) is 6.23. The Hall–Kier alpha value is -0.610. The Morgan fingerprint density at radius 1 is 1.25 bits per heavy atom. The van der Waals surface area contributed by atoms with Crippen LogP contribution in [0.4, 0.5) is 0 Å². The number of carbonyl (C=O) groups excluding carboxylic acids is 1. The first kappa shape index (κ1) is 17.4. The van der Waals surface area contributed by atoms with Crippen LogP contribution in [0.5, 0.6) is 0 Å². The number of carbonyl (C=O) groups is 1. The largest absolute Gasteiger partial charge is 0.353 e. The third-order valence-electron chi connectivity index (χ3n) is 3.89. The lowest BCUT2D eigenvalue weighted by atomic mass is 9.96. The molecule has 1 fully saturated rings. The van der Waals surface area contributed by atoms with Crippen LogP contribution in [0.15, 0.2) is 0 Å². The van der Waals surface area contributed by atoms with Gasteiger partial charge in [-0.1, -0.05) is 13.8 Å². The zero-order chi connectivity index (χ0) is 15.1. The van der Waals surface area contributed by atoms with Crippen LogP contribution in [0.25, 0.3) is 0 Å². The number of nitrogens with one attached hydrogen (secondary N) is 2. The van der Waals surface area contributed by atoms with E-state index in [1.807, 2.05) is 20.8 Å². The fourth-order valence-electron chi connectivity index (χ4n) is 2.76. The summed E-state index contributed by atoms with van der Waals surface area (Å²) in [5, 5.41) is 6.56. The zero-order valence-corrected chi connectivity index (χ0v) is 13.9. The molecule has 1 amide bonds. The van der Waals surface area contributed by atoms with Gasteiger partial charge in [-0.05, 0) is 65.1 Å². The molecule has 0 aromatic carbocycles. The quantitative estimate of drug-likeness (QED) is 0.749. The van der Waals surface area contributed by atoms with E-state index in [2.05, 4.69) is 29.4 Å². The van der Waals surface area contributed by atoms with E-state index < -0.39 is 0 Å². The van der Waals surface area contributed by atoms with E-state index in [0.717, 1.165) is 26.2 Å². The van der Waals surface area contributed by atoms with Gasteiger partial charge in [-0.2, -0.15) is 0 Å². The topological polar surface area (TPSA) is 44.4 Å². The van der Waals surface area contributed by atoms with Gasteiger partial charge in [0.05, 0.1) is 6.04 Å². The maximum absolute atomic E-state index is 12.1. The first-order chi connectivity index (χ1) is 9.40. The van der Waals surface area contributed by atoms with Crippen molar-refractivity contribution < 1.29 is 4.79 Å². The van der Waals surface area contributed by atoms with Crippen molar-refractivity contribution in [3.63, 3.8) is 0 Å². The molecule has 0 aromatic rings. The van der Waals surface area contributed by atoms with Gasteiger partial charge in [0.25, 0.3) is 0 Å². The highest BCUT2D eigenvalue weighted by Gasteiger charge is 2.27. The Kier molecular flexibility index (Phi) is 7.52. The van der Waals surface area contributed by atoms with Gasteiger partial charge in [-0.3, -0.25) is 9.69 Å². The molecule has 118 valence electrons. The van der Waals surface area contributed by atoms with Crippen LogP contribution >= 0.6 is 0 Å². The van der Waals surface area contributed by atoms with Gasteiger partial charge in [0.1, 0.15) is 0 Å². The molecule has 0 aromatic heterocycles. The molecule has 2 N–H and O–H groups in total. The number of rotatable bonds is 7. The van der Waals surface area contributed by atoms with Crippen molar-refractivity contribution in [3.05, 3.63) is 0 Å². The van der Waals surface area contributed by atoms with E-state index >= 15 is 0 Å². The standard InChI is InChI=1S/C16H33N3O/c1-12(2)9-17-10-15-7-6-8-19(11-15)14(5)16(20)18-13(3)4/h12-15,17H,6-11H2,1-5H3,(H,18,20). The lowest BCUT2D eigenvalue weighted by Crippen LogP contribution is -2.51. The summed E-state index contributed by atoms with van der Waals surface area (Å²) >= 11 is 0. The van der Waals surface area contributed by atoms with E-state index in [1.54, 1.807) is 0 Å². The third-order valence-corrected chi connectivity index (χ3v) is 3.89. The summed E-state index contributed by atoms with van der Waals surface area (Å²) in [6.45, 7) is 14.8.